The van der Waals surface area contributed by atoms with E-state index in [0.29, 0.717) is 0 Å². The van der Waals surface area contributed by atoms with E-state index >= 15 is 0 Å². The lowest BCUT2D eigenvalue weighted by atomic mass is 10.2. The summed E-state index contributed by atoms with van der Waals surface area (Å²) in [5.41, 5.74) is 6.25. The molecular weight excluding hydrogens is 136 g/mol. The fraction of sp³-hybridized carbons (Fsp3) is 0.333. The summed E-state index contributed by atoms with van der Waals surface area (Å²) in [6, 6.07) is 8.29. The van der Waals surface area contributed by atoms with Crippen molar-refractivity contribution in [3.8, 4) is 0 Å². The minimum absolute atomic E-state index is 0.851. The number of quaternary nitrogens is 2. The largest absolute Gasteiger partial charge is 0.325 e. The van der Waals surface area contributed by atoms with Crippen molar-refractivity contribution in [2.24, 2.45) is 0 Å². The Labute approximate surface area is 67.8 Å². The second-order valence-electron chi connectivity index (χ2n) is 3.68. The fourth-order valence-corrected chi connectivity index (χ4v) is 0.974. The molecule has 0 aliphatic carbocycles. The molecule has 0 amide bonds. The van der Waals surface area contributed by atoms with Crippen LogP contribution in [0, 0.1) is 0 Å². The molecular formula is C9H16N2+2. The van der Waals surface area contributed by atoms with E-state index in [1.807, 2.05) is 12.1 Å². The van der Waals surface area contributed by atoms with E-state index in [4.69, 9.17) is 0 Å². The highest BCUT2D eigenvalue weighted by Crippen LogP contribution is 2.17. The molecule has 0 bridgehead atoms. The average molecular weight is 152 g/mol. The molecule has 0 atom stereocenters. The third-order valence-corrected chi connectivity index (χ3v) is 1.69. The summed E-state index contributed by atoms with van der Waals surface area (Å²) >= 11 is 0. The van der Waals surface area contributed by atoms with E-state index in [1.54, 1.807) is 0 Å². The van der Waals surface area contributed by atoms with Gasteiger partial charge in [-0.15, -0.1) is 0 Å². The van der Waals surface area contributed by atoms with Crippen molar-refractivity contribution in [3.05, 3.63) is 24.3 Å². The average Bonchev–Trinajstić information content (AvgIpc) is 1.86. The lowest BCUT2D eigenvalue weighted by molar-refractivity contribution is -0.254. The second kappa shape index (κ2) is 2.64. The number of rotatable bonds is 1. The molecule has 1 aromatic carbocycles. The summed E-state index contributed by atoms with van der Waals surface area (Å²) in [7, 11) is 6.44. The van der Waals surface area contributed by atoms with E-state index < -0.39 is 0 Å². The molecule has 0 saturated heterocycles. The van der Waals surface area contributed by atoms with E-state index in [2.05, 4.69) is 39.0 Å². The maximum absolute atomic E-state index is 3.88. The zero-order valence-electron chi connectivity index (χ0n) is 7.46. The summed E-state index contributed by atoms with van der Waals surface area (Å²) < 4.78 is 0.851. The lowest BCUT2D eigenvalue weighted by Gasteiger charge is -2.22. The molecule has 0 radical (unpaired) electrons. The maximum atomic E-state index is 3.88. The number of hydrogen-bond donors (Lipinski definition) is 1. The van der Waals surface area contributed by atoms with Crippen LogP contribution in [0.5, 0.6) is 0 Å². The van der Waals surface area contributed by atoms with Crippen molar-refractivity contribution >= 4 is 11.4 Å². The molecule has 0 heterocycles. The Morgan fingerprint density at radius 1 is 1.18 bits per heavy atom. The summed E-state index contributed by atoms with van der Waals surface area (Å²) in [6.07, 6.45) is 0. The van der Waals surface area contributed by atoms with Gasteiger partial charge in [-0.3, -0.25) is 4.48 Å². The van der Waals surface area contributed by atoms with E-state index in [9.17, 15) is 0 Å². The van der Waals surface area contributed by atoms with Gasteiger partial charge in [0.2, 0.25) is 0 Å². The fourth-order valence-electron chi connectivity index (χ4n) is 0.974. The van der Waals surface area contributed by atoms with Crippen molar-refractivity contribution in [1.82, 2.24) is 4.48 Å². The van der Waals surface area contributed by atoms with Crippen LogP contribution >= 0.6 is 0 Å². The zero-order chi connectivity index (χ0) is 8.48. The number of hydrogen-bond acceptors (Lipinski definition) is 0. The van der Waals surface area contributed by atoms with Gasteiger partial charge in [-0.2, -0.15) is 0 Å². The highest BCUT2D eigenvalue weighted by atomic mass is 15.3. The topological polar surface area (TPSA) is 27.6 Å². The lowest BCUT2D eigenvalue weighted by Crippen LogP contribution is -2.41. The van der Waals surface area contributed by atoms with Gasteiger partial charge in [-0.25, -0.2) is 0 Å². The zero-order valence-corrected chi connectivity index (χ0v) is 7.46. The SMILES string of the molecule is C[N+](C)(C)c1cccc([NH3+])c1. The molecule has 0 spiro atoms. The Morgan fingerprint density at radius 2 is 1.82 bits per heavy atom. The predicted molar refractivity (Wildman–Crippen MR) is 48.6 cm³/mol. The molecule has 3 N–H and O–H groups in total. The van der Waals surface area contributed by atoms with E-state index in [0.717, 1.165) is 10.2 Å². The molecule has 0 fully saturated rings. The molecule has 0 aliphatic heterocycles. The van der Waals surface area contributed by atoms with E-state index in [1.165, 1.54) is 5.69 Å². The molecule has 2 nitrogen and oxygen atoms in total. The standard InChI is InChI=1S/C9H15N2/c1-11(2,3)9-6-4-5-8(10)7-9/h4-7H,10H2,1-3H3/q+1/p+1. The van der Waals surface area contributed by atoms with Crippen LogP contribution in [-0.2, 0) is 0 Å². The summed E-state index contributed by atoms with van der Waals surface area (Å²) in [5, 5.41) is 0. The van der Waals surface area contributed by atoms with Crippen LogP contribution in [0.3, 0.4) is 0 Å². The summed E-state index contributed by atoms with van der Waals surface area (Å²) in [4.78, 5) is 0. The van der Waals surface area contributed by atoms with Crippen molar-refractivity contribution in [2.75, 3.05) is 21.1 Å². The Balaban J connectivity index is 3.06. The van der Waals surface area contributed by atoms with Crippen LogP contribution in [-0.4, -0.2) is 21.1 Å². The molecule has 11 heavy (non-hydrogen) atoms. The highest BCUT2D eigenvalue weighted by molar-refractivity contribution is 5.48. The Morgan fingerprint density at radius 3 is 2.18 bits per heavy atom. The molecule has 60 valence electrons. The quantitative estimate of drug-likeness (QED) is 0.575. The first-order chi connectivity index (χ1) is 5.00. The minimum atomic E-state index is 0.851. The molecule has 1 aromatic rings. The van der Waals surface area contributed by atoms with Gasteiger partial charge in [0.25, 0.3) is 0 Å². The first-order valence-corrected chi connectivity index (χ1v) is 3.74. The smallest absolute Gasteiger partial charge is 0.138 e. The van der Waals surface area contributed by atoms with Gasteiger partial charge < -0.3 is 5.73 Å². The van der Waals surface area contributed by atoms with E-state index in [-0.39, 0.29) is 0 Å². The Kier molecular flexibility index (Phi) is 1.98. The Bertz CT molecular complexity index is 248. The molecule has 1 rings (SSSR count). The van der Waals surface area contributed by atoms with Gasteiger partial charge in [-0.05, 0) is 12.1 Å². The van der Waals surface area contributed by atoms with Crippen LogP contribution in [0.25, 0.3) is 0 Å². The van der Waals surface area contributed by atoms with Gasteiger partial charge in [0.15, 0.2) is 0 Å². The van der Waals surface area contributed by atoms with Crippen LogP contribution in [0.4, 0.5) is 11.4 Å². The van der Waals surface area contributed by atoms with Crippen molar-refractivity contribution in [1.29, 1.82) is 0 Å². The van der Waals surface area contributed by atoms with Crippen molar-refractivity contribution < 1.29 is 5.73 Å². The van der Waals surface area contributed by atoms with Gasteiger partial charge in [0.1, 0.15) is 11.4 Å². The molecule has 0 saturated carbocycles. The van der Waals surface area contributed by atoms with Gasteiger partial charge in [0.05, 0.1) is 27.2 Å². The van der Waals surface area contributed by atoms with Gasteiger partial charge in [0, 0.05) is 0 Å². The number of benzene rings is 1. The summed E-state index contributed by atoms with van der Waals surface area (Å²) in [5.74, 6) is 0. The molecule has 0 aliphatic rings. The van der Waals surface area contributed by atoms with Crippen molar-refractivity contribution in [2.45, 2.75) is 0 Å². The maximum Gasteiger partial charge on any atom is 0.138 e. The normalized spacial score (nSPS) is 11.6. The highest BCUT2D eigenvalue weighted by Gasteiger charge is 2.11. The second-order valence-corrected chi connectivity index (χ2v) is 3.68. The van der Waals surface area contributed by atoms with Crippen LogP contribution < -0.4 is 10.2 Å². The van der Waals surface area contributed by atoms with Gasteiger partial charge >= 0.3 is 0 Å². The first-order valence-electron chi connectivity index (χ1n) is 3.74. The molecule has 2 heteroatoms. The number of nitrogens with zero attached hydrogens (tertiary/aromatic N) is 1. The van der Waals surface area contributed by atoms with Crippen LogP contribution in [0.1, 0.15) is 0 Å². The third kappa shape index (κ3) is 2.03. The monoisotopic (exact) mass is 152 g/mol. The third-order valence-electron chi connectivity index (χ3n) is 1.69. The van der Waals surface area contributed by atoms with Crippen LogP contribution in [0.2, 0.25) is 0 Å². The predicted octanol–water partition coefficient (Wildman–Crippen LogP) is 0.757. The molecule has 0 aromatic heterocycles. The van der Waals surface area contributed by atoms with Gasteiger partial charge in [-0.1, -0.05) is 6.07 Å². The molecule has 0 unspecified atom stereocenters. The first kappa shape index (κ1) is 8.24. The van der Waals surface area contributed by atoms with Crippen LogP contribution in [0.15, 0.2) is 24.3 Å². The van der Waals surface area contributed by atoms with Crippen molar-refractivity contribution in [3.63, 3.8) is 0 Å². The Hall–Kier alpha value is -0.860. The minimum Gasteiger partial charge on any atom is -0.325 e. The summed E-state index contributed by atoms with van der Waals surface area (Å²) in [6.45, 7) is 0.